The second kappa shape index (κ2) is 7.78. The van der Waals surface area contributed by atoms with Crippen molar-refractivity contribution in [3.63, 3.8) is 0 Å². The van der Waals surface area contributed by atoms with E-state index in [4.69, 9.17) is 20.3 Å². The highest BCUT2D eigenvalue weighted by Crippen LogP contribution is 2.24. The van der Waals surface area contributed by atoms with E-state index in [0.717, 1.165) is 11.1 Å². The number of nitrogens with zero attached hydrogens (tertiary/aromatic N) is 1. The average Bonchev–Trinajstić information content (AvgIpc) is 2.54. The fourth-order valence-electron chi connectivity index (χ4n) is 1.64. The summed E-state index contributed by atoms with van der Waals surface area (Å²) < 4.78 is 31.7. The van der Waals surface area contributed by atoms with Crippen molar-refractivity contribution in [1.82, 2.24) is 0 Å². The molecule has 24 heavy (non-hydrogen) atoms. The molecule has 124 valence electrons. The fraction of sp³-hybridized carbons (Fsp3) is 0.0625. The van der Waals surface area contributed by atoms with Gasteiger partial charge < -0.3 is 10.2 Å². The van der Waals surface area contributed by atoms with Crippen LogP contribution in [0.25, 0.3) is 11.1 Å². The van der Waals surface area contributed by atoms with E-state index in [1.807, 2.05) is 36.4 Å². The lowest BCUT2D eigenvalue weighted by molar-refractivity contribution is -0.192. The summed E-state index contributed by atoms with van der Waals surface area (Å²) in [6, 6.07) is 16.0. The van der Waals surface area contributed by atoms with Gasteiger partial charge in [-0.15, -0.1) is 0 Å². The second-order valence-electron chi connectivity index (χ2n) is 4.35. The molecule has 0 amide bonds. The lowest BCUT2D eigenvalue weighted by Gasteiger charge is -2.04. The van der Waals surface area contributed by atoms with Gasteiger partial charge in [0.1, 0.15) is 0 Å². The van der Waals surface area contributed by atoms with E-state index in [1.54, 1.807) is 6.07 Å². The summed E-state index contributed by atoms with van der Waals surface area (Å²) in [7, 11) is 0. The largest absolute Gasteiger partial charge is 0.490 e. The van der Waals surface area contributed by atoms with Crippen molar-refractivity contribution in [1.29, 1.82) is 5.26 Å². The Hall–Kier alpha value is -3.34. The molecule has 0 fully saturated rings. The zero-order valence-electron chi connectivity index (χ0n) is 11.9. The molecule has 0 aromatic heterocycles. The van der Waals surface area contributed by atoms with Crippen LogP contribution in [0.4, 0.5) is 13.2 Å². The molecule has 0 atom stereocenters. The van der Waals surface area contributed by atoms with Crippen molar-refractivity contribution in [3.05, 3.63) is 59.7 Å². The van der Waals surface area contributed by atoms with Gasteiger partial charge in [0.15, 0.2) is 0 Å². The van der Waals surface area contributed by atoms with E-state index in [2.05, 4.69) is 0 Å². The van der Waals surface area contributed by atoms with Crippen LogP contribution in [0, 0.1) is 11.3 Å². The van der Waals surface area contributed by atoms with Gasteiger partial charge in [0.05, 0.1) is 17.2 Å². The number of aliphatic carboxylic acids is 1. The molecule has 0 aliphatic carbocycles. The van der Waals surface area contributed by atoms with Gasteiger partial charge in [0.25, 0.3) is 0 Å². The van der Waals surface area contributed by atoms with Crippen LogP contribution in [0.2, 0.25) is 0 Å². The Morgan fingerprint density at radius 1 is 1.00 bits per heavy atom. The van der Waals surface area contributed by atoms with Crippen LogP contribution in [0.15, 0.2) is 48.5 Å². The standard InChI is InChI=1S/C14H9NO2.C2HF3O2/c15-9-12-8-11(14(16)17)6-7-13(12)10-4-2-1-3-5-10;3-2(4,5)1(6)7/h1-8H,(H,16,17);(H,6,7). The summed E-state index contributed by atoms with van der Waals surface area (Å²) in [6.45, 7) is 0. The number of carboxylic acids is 2. The van der Waals surface area contributed by atoms with Gasteiger partial charge in [-0.2, -0.15) is 18.4 Å². The molecule has 2 N–H and O–H groups in total. The number of rotatable bonds is 2. The molecule has 2 rings (SSSR count). The fourth-order valence-corrected chi connectivity index (χ4v) is 1.64. The molecular weight excluding hydrogens is 327 g/mol. The number of aromatic carboxylic acids is 1. The van der Waals surface area contributed by atoms with Gasteiger partial charge in [0.2, 0.25) is 0 Å². The summed E-state index contributed by atoms with van der Waals surface area (Å²) in [6.07, 6.45) is -5.08. The number of benzene rings is 2. The first-order valence-corrected chi connectivity index (χ1v) is 6.29. The Morgan fingerprint density at radius 2 is 1.54 bits per heavy atom. The molecule has 0 radical (unpaired) electrons. The van der Waals surface area contributed by atoms with Crippen LogP contribution in [0.5, 0.6) is 0 Å². The molecule has 2 aromatic rings. The van der Waals surface area contributed by atoms with E-state index >= 15 is 0 Å². The first-order chi connectivity index (χ1) is 11.2. The summed E-state index contributed by atoms with van der Waals surface area (Å²) >= 11 is 0. The molecule has 8 heteroatoms. The summed E-state index contributed by atoms with van der Waals surface area (Å²) in [5, 5.41) is 25.0. The first kappa shape index (κ1) is 18.7. The van der Waals surface area contributed by atoms with Crippen LogP contribution < -0.4 is 0 Å². The summed E-state index contributed by atoms with van der Waals surface area (Å²) in [4.78, 5) is 19.7. The number of alkyl halides is 3. The molecule has 0 bridgehead atoms. The molecule has 0 heterocycles. The Morgan fingerprint density at radius 3 is 1.96 bits per heavy atom. The van der Waals surface area contributed by atoms with E-state index in [0.29, 0.717) is 5.56 Å². The Bertz CT molecular complexity index is 780. The molecule has 0 unspecified atom stereocenters. The zero-order valence-corrected chi connectivity index (χ0v) is 11.9. The Balaban J connectivity index is 0.000000351. The van der Waals surface area contributed by atoms with E-state index in [9.17, 15) is 18.0 Å². The highest BCUT2D eigenvalue weighted by atomic mass is 19.4. The molecule has 5 nitrogen and oxygen atoms in total. The lowest BCUT2D eigenvalue weighted by atomic mass is 9.98. The predicted octanol–water partition coefficient (Wildman–Crippen LogP) is 3.56. The minimum atomic E-state index is -5.08. The van der Waals surface area contributed by atoms with Gasteiger partial charge in [-0.25, -0.2) is 9.59 Å². The summed E-state index contributed by atoms with van der Waals surface area (Å²) in [5.41, 5.74) is 2.15. The minimum Gasteiger partial charge on any atom is -0.478 e. The van der Waals surface area contributed by atoms with E-state index in [1.165, 1.54) is 12.1 Å². The number of hydrogen-bond donors (Lipinski definition) is 2. The van der Waals surface area contributed by atoms with E-state index < -0.39 is 18.1 Å². The van der Waals surface area contributed by atoms with Crippen LogP contribution in [0.1, 0.15) is 15.9 Å². The first-order valence-electron chi connectivity index (χ1n) is 6.29. The highest BCUT2D eigenvalue weighted by Gasteiger charge is 2.38. The van der Waals surface area contributed by atoms with Gasteiger partial charge in [-0.1, -0.05) is 36.4 Å². The molecule has 0 saturated carbocycles. The maximum atomic E-state index is 10.8. The van der Waals surface area contributed by atoms with Crippen molar-refractivity contribution in [2.24, 2.45) is 0 Å². The second-order valence-corrected chi connectivity index (χ2v) is 4.35. The van der Waals surface area contributed by atoms with Crippen molar-refractivity contribution in [2.45, 2.75) is 6.18 Å². The molecule has 0 aliphatic rings. The SMILES string of the molecule is N#Cc1cc(C(=O)O)ccc1-c1ccccc1.O=C(O)C(F)(F)F. The van der Waals surface area contributed by atoms with Gasteiger partial charge in [-0.3, -0.25) is 0 Å². The van der Waals surface area contributed by atoms with Crippen LogP contribution in [0.3, 0.4) is 0 Å². The number of hydrogen-bond acceptors (Lipinski definition) is 3. The summed E-state index contributed by atoms with van der Waals surface area (Å²) in [5.74, 6) is -3.78. The topological polar surface area (TPSA) is 98.4 Å². The Kier molecular flexibility index (Phi) is 6.07. The van der Waals surface area contributed by atoms with Crippen molar-refractivity contribution in [3.8, 4) is 17.2 Å². The number of carbonyl (C=O) groups is 2. The van der Waals surface area contributed by atoms with Crippen molar-refractivity contribution < 1.29 is 33.0 Å². The monoisotopic (exact) mass is 337 g/mol. The molecule has 0 spiro atoms. The molecule has 2 aromatic carbocycles. The predicted molar refractivity (Wildman–Crippen MR) is 77.2 cm³/mol. The quantitative estimate of drug-likeness (QED) is 0.873. The van der Waals surface area contributed by atoms with Crippen LogP contribution >= 0.6 is 0 Å². The average molecular weight is 337 g/mol. The van der Waals surface area contributed by atoms with Crippen molar-refractivity contribution in [2.75, 3.05) is 0 Å². The third-order valence-electron chi connectivity index (χ3n) is 2.71. The lowest BCUT2D eigenvalue weighted by Crippen LogP contribution is -2.21. The number of carboxylic acid groups (broad SMARTS) is 2. The Labute approximate surface area is 134 Å². The van der Waals surface area contributed by atoms with Gasteiger partial charge in [0, 0.05) is 0 Å². The highest BCUT2D eigenvalue weighted by molar-refractivity contribution is 5.89. The normalized spacial score (nSPS) is 10.1. The maximum Gasteiger partial charge on any atom is 0.490 e. The van der Waals surface area contributed by atoms with Crippen LogP contribution in [-0.2, 0) is 4.79 Å². The van der Waals surface area contributed by atoms with Gasteiger partial charge >= 0.3 is 18.1 Å². The molecular formula is C16H10F3NO4. The number of nitriles is 1. The molecule has 0 aliphatic heterocycles. The van der Waals surface area contributed by atoms with E-state index in [-0.39, 0.29) is 5.56 Å². The zero-order chi connectivity index (χ0) is 18.3. The minimum absolute atomic E-state index is 0.126. The maximum absolute atomic E-state index is 10.8. The third-order valence-corrected chi connectivity index (χ3v) is 2.71. The molecule has 0 saturated heterocycles. The van der Waals surface area contributed by atoms with Crippen molar-refractivity contribution >= 4 is 11.9 Å². The van der Waals surface area contributed by atoms with Crippen LogP contribution in [-0.4, -0.2) is 28.3 Å². The number of halogens is 3. The smallest absolute Gasteiger partial charge is 0.478 e. The third kappa shape index (κ3) is 5.14. The van der Waals surface area contributed by atoms with Gasteiger partial charge in [-0.05, 0) is 23.3 Å².